The van der Waals surface area contributed by atoms with E-state index in [4.69, 9.17) is 9.47 Å². The summed E-state index contributed by atoms with van der Waals surface area (Å²) in [5.41, 5.74) is 26.1. The van der Waals surface area contributed by atoms with E-state index < -0.39 is 0 Å². The molecule has 6 heteroatoms. The Labute approximate surface area is 494 Å². The van der Waals surface area contributed by atoms with Gasteiger partial charge in [0.1, 0.15) is 23.0 Å². The molecule has 4 heterocycles. The van der Waals surface area contributed by atoms with Gasteiger partial charge in [0.2, 0.25) is 0 Å². The summed E-state index contributed by atoms with van der Waals surface area (Å²) in [6.45, 7) is -0.382. The number of ether oxygens (including phenoxy) is 2. The maximum Gasteiger partial charge on any atom is 0.256 e. The Balaban J connectivity index is 0.988. The van der Waals surface area contributed by atoms with Gasteiger partial charge in [0.25, 0.3) is 13.4 Å². The molecule has 0 bridgehead atoms. The van der Waals surface area contributed by atoms with Crippen LogP contribution in [-0.4, -0.2) is 13.4 Å². The second-order valence-electron chi connectivity index (χ2n) is 24.3. The summed E-state index contributed by atoms with van der Waals surface area (Å²) in [5.74, 6) is 4.64. The van der Waals surface area contributed by atoms with E-state index in [1.807, 2.05) is 0 Å². The molecule has 17 rings (SSSR count). The summed E-state index contributed by atoms with van der Waals surface area (Å²) in [5, 5.41) is 0. The second-order valence-corrected chi connectivity index (χ2v) is 24.3. The highest BCUT2D eigenvalue weighted by Crippen LogP contribution is 2.55. The summed E-state index contributed by atoms with van der Waals surface area (Å²) in [7, 11) is 0. The van der Waals surface area contributed by atoms with Crippen LogP contribution in [0, 0.1) is 0 Å². The molecule has 6 aliphatic rings. The van der Waals surface area contributed by atoms with Crippen molar-refractivity contribution in [3.05, 3.63) is 254 Å². The maximum absolute atomic E-state index is 7.96. The van der Waals surface area contributed by atoms with Gasteiger partial charge in [0, 0.05) is 33.7 Å². The maximum atomic E-state index is 7.96. The summed E-state index contributed by atoms with van der Waals surface area (Å²) in [4.78, 5) is 5.08. The van der Waals surface area contributed by atoms with E-state index >= 15 is 0 Å². The van der Waals surface area contributed by atoms with Gasteiger partial charge in [-0.25, -0.2) is 0 Å². The van der Waals surface area contributed by atoms with Gasteiger partial charge in [-0.1, -0.05) is 233 Å². The zero-order chi connectivity index (χ0) is 55.2. The third-order valence-corrected chi connectivity index (χ3v) is 19.6. The first-order chi connectivity index (χ1) is 41.7. The predicted molar refractivity (Wildman–Crippen MR) is 352 cm³/mol. The number of fused-ring (bicyclic) bond motifs is 10. The molecule has 84 heavy (non-hydrogen) atoms. The van der Waals surface area contributed by atoms with Crippen LogP contribution in [0.4, 0.5) is 34.1 Å². The minimum absolute atomic E-state index is 0.191. The molecule has 4 nitrogen and oxygen atoms in total. The summed E-state index contributed by atoms with van der Waals surface area (Å²) in [6, 6.07) is 90.8. The molecule has 11 aromatic rings. The van der Waals surface area contributed by atoms with Gasteiger partial charge in [-0.3, -0.25) is 0 Å². The van der Waals surface area contributed by atoms with Gasteiger partial charge in [-0.2, -0.15) is 0 Å². The lowest BCUT2D eigenvalue weighted by molar-refractivity contribution is 0.442. The number of anilines is 6. The molecule has 2 fully saturated rings. The van der Waals surface area contributed by atoms with E-state index in [1.54, 1.807) is 0 Å². The fraction of sp³-hybridized carbons (Fsp3) is 0.154. The number of hydrogen-bond donors (Lipinski definition) is 0. The largest absolute Gasteiger partial charge is 0.456 e. The topological polar surface area (TPSA) is 24.9 Å². The lowest BCUT2D eigenvalue weighted by Gasteiger charge is -2.47. The second kappa shape index (κ2) is 20.3. The monoisotopic (exact) mass is 1080 g/mol. The number of rotatable bonds is 8. The van der Waals surface area contributed by atoms with Crippen LogP contribution in [0.1, 0.15) is 87.2 Å². The molecule has 0 amide bonds. The molecular weight excluding hydrogens is 1020 g/mol. The minimum atomic E-state index is -0.191. The Bertz CT molecular complexity index is 4050. The standard InChI is InChI=1S/C78H62B2N2O2/c1-7-19-51(20-8-1)57-31-39-63(40-32-57)81-69-43-35-59(53-23-11-3-12-24-53)47-65(69)79-67-49-61(55-27-15-5-16-28-55)38-46-72(67)84-78-73(79)75(81)77-74-76(78)82(64-41-33-58(34-42-64)52-21-9-2-10-22-52)70-44-36-60(54-25-13-4-14-26-54)48-66(70)80(74)68-50-62(37-45-71(68)83-77)56-29-17-6-18-30-56/h1-4,7-14,19-26,31-50,55-56H,5-6,15-18,27-30H2. The molecular formula is C78H62B2N2O2. The van der Waals surface area contributed by atoms with Crippen molar-refractivity contribution in [1.29, 1.82) is 0 Å². The Hall–Kier alpha value is -9.25. The molecule has 0 N–H and O–H groups in total. The highest BCUT2D eigenvalue weighted by molar-refractivity contribution is 7.02. The van der Waals surface area contributed by atoms with Crippen LogP contribution >= 0.6 is 0 Å². The van der Waals surface area contributed by atoms with Gasteiger partial charge in [-0.15, -0.1) is 0 Å². The summed E-state index contributed by atoms with van der Waals surface area (Å²) < 4.78 is 15.9. The molecule has 0 spiro atoms. The Morgan fingerprint density at radius 1 is 0.298 bits per heavy atom. The van der Waals surface area contributed by atoms with Crippen molar-refractivity contribution in [3.63, 3.8) is 0 Å². The highest BCUT2D eigenvalue weighted by atomic mass is 16.5. The van der Waals surface area contributed by atoms with Crippen LogP contribution in [0.2, 0.25) is 0 Å². The Morgan fingerprint density at radius 3 is 1.00 bits per heavy atom. The van der Waals surface area contributed by atoms with Gasteiger partial charge in [-0.05, 0) is 164 Å². The first-order valence-corrected chi connectivity index (χ1v) is 30.8. The van der Waals surface area contributed by atoms with E-state index in [1.165, 1.54) is 142 Å². The van der Waals surface area contributed by atoms with E-state index in [2.05, 4.69) is 252 Å². The Kier molecular flexibility index (Phi) is 11.9. The Morgan fingerprint density at radius 2 is 0.631 bits per heavy atom. The van der Waals surface area contributed by atoms with Crippen LogP contribution in [0.25, 0.3) is 44.5 Å². The van der Waals surface area contributed by atoms with Crippen molar-refractivity contribution < 1.29 is 9.47 Å². The first-order valence-electron chi connectivity index (χ1n) is 30.8. The highest BCUT2D eigenvalue weighted by Gasteiger charge is 2.52. The molecule has 11 aromatic carbocycles. The lowest BCUT2D eigenvalue weighted by Crippen LogP contribution is -2.64. The van der Waals surface area contributed by atoms with Gasteiger partial charge in [0.15, 0.2) is 0 Å². The zero-order valence-electron chi connectivity index (χ0n) is 47.2. The fourth-order valence-electron chi connectivity index (χ4n) is 15.5. The van der Waals surface area contributed by atoms with Crippen LogP contribution < -0.4 is 52.1 Å². The molecule has 2 aliphatic carbocycles. The SMILES string of the molecule is c1ccc(-c2ccc(N3c4ccc(-c5ccccc5)cc4B4c5cc(C6CCCCC6)ccc5Oc5c4c3c3c4c5N(c5ccc(-c6ccccc6)cc5)c5ccc(-c6ccccc6)cc5B4c4cc(C5CCCCC5)ccc4O3)cc2)cc1. The average molecular weight is 1080 g/mol. The number of benzene rings is 11. The van der Waals surface area contributed by atoms with Gasteiger partial charge < -0.3 is 19.3 Å². The molecule has 0 atom stereocenters. The smallest absolute Gasteiger partial charge is 0.256 e. The van der Waals surface area contributed by atoms with Crippen molar-refractivity contribution in [2.75, 3.05) is 9.80 Å². The third-order valence-electron chi connectivity index (χ3n) is 19.6. The number of nitrogens with zero attached hydrogens (tertiary/aromatic N) is 2. The van der Waals surface area contributed by atoms with Crippen molar-refractivity contribution >= 4 is 80.3 Å². The van der Waals surface area contributed by atoms with E-state index in [0.717, 1.165) is 68.0 Å². The molecule has 2 saturated carbocycles. The lowest BCUT2D eigenvalue weighted by atomic mass is 9.31. The van der Waals surface area contributed by atoms with Crippen molar-refractivity contribution in [3.8, 4) is 67.5 Å². The zero-order valence-corrected chi connectivity index (χ0v) is 47.2. The van der Waals surface area contributed by atoms with Crippen LogP contribution in [0.3, 0.4) is 0 Å². The molecule has 0 saturated heterocycles. The van der Waals surface area contributed by atoms with E-state index in [-0.39, 0.29) is 13.4 Å². The number of hydrogen-bond acceptors (Lipinski definition) is 4. The third kappa shape index (κ3) is 8.12. The quantitative estimate of drug-likeness (QED) is 0.142. The van der Waals surface area contributed by atoms with Gasteiger partial charge in [0.05, 0.1) is 11.4 Å². The fourth-order valence-corrected chi connectivity index (χ4v) is 15.5. The van der Waals surface area contributed by atoms with Crippen molar-refractivity contribution in [2.24, 2.45) is 0 Å². The van der Waals surface area contributed by atoms with E-state index in [9.17, 15) is 0 Å². The molecule has 0 unspecified atom stereocenters. The summed E-state index contributed by atoms with van der Waals surface area (Å²) in [6.07, 6.45) is 12.5. The normalized spacial score (nSPS) is 15.6. The van der Waals surface area contributed by atoms with Crippen LogP contribution in [-0.2, 0) is 0 Å². The van der Waals surface area contributed by atoms with Crippen molar-refractivity contribution in [1.82, 2.24) is 0 Å². The first kappa shape index (κ1) is 49.4. The van der Waals surface area contributed by atoms with Crippen LogP contribution in [0.5, 0.6) is 23.0 Å². The van der Waals surface area contributed by atoms with Crippen molar-refractivity contribution in [2.45, 2.75) is 76.0 Å². The van der Waals surface area contributed by atoms with Gasteiger partial charge >= 0.3 is 0 Å². The average Bonchev–Trinajstić information content (AvgIpc) is 0.797. The summed E-state index contributed by atoms with van der Waals surface area (Å²) >= 11 is 0. The molecule has 402 valence electrons. The molecule has 0 aromatic heterocycles. The minimum Gasteiger partial charge on any atom is -0.456 e. The van der Waals surface area contributed by atoms with E-state index in [0.29, 0.717) is 11.8 Å². The molecule has 0 radical (unpaired) electrons. The predicted octanol–water partition coefficient (Wildman–Crippen LogP) is 17.3. The van der Waals surface area contributed by atoms with Crippen LogP contribution in [0.15, 0.2) is 243 Å². The molecule has 4 aliphatic heterocycles.